The highest BCUT2D eigenvalue weighted by atomic mass is 35.5. The number of rotatable bonds is 4. The minimum Gasteiger partial charge on any atom is -0.303 e. The van der Waals surface area contributed by atoms with Crippen LogP contribution < -0.4 is 5.32 Å². The Morgan fingerprint density at radius 1 is 1.40 bits per heavy atom. The molecule has 0 unspecified atom stereocenters. The van der Waals surface area contributed by atoms with Gasteiger partial charge < -0.3 is 5.32 Å². The molecule has 1 amide bonds. The van der Waals surface area contributed by atoms with Crippen LogP contribution in [0.25, 0.3) is 6.08 Å². The van der Waals surface area contributed by atoms with E-state index in [4.69, 9.17) is 23.2 Å². The van der Waals surface area contributed by atoms with Gasteiger partial charge in [-0.25, -0.2) is 4.63 Å². The van der Waals surface area contributed by atoms with Gasteiger partial charge >= 0.3 is 0 Å². The van der Waals surface area contributed by atoms with Gasteiger partial charge in [0.05, 0.1) is 0 Å². The van der Waals surface area contributed by atoms with Crippen molar-refractivity contribution in [3.63, 3.8) is 0 Å². The first-order chi connectivity index (χ1) is 9.60. The SMILES string of the molecule is CCc1nonc1NC(=O)/C=C/c1ccc(Cl)cc1Cl. The lowest BCUT2D eigenvalue weighted by Gasteiger charge is -1.99. The van der Waals surface area contributed by atoms with Crippen molar-refractivity contribution in [2.45, 2.75) is 13.3 Å². The number of nitrogens with one attached hydrogen (secondary N) is 1. The van der Waals surface area contributed by atoms with E-state index in [1.165, 1.54) is 6.08 Å². The molecule has 20 heavy (non-hydrogen) atoms. The topological polar surface area (TPSA) is 68.0 Å². The van der Waals surface area contributed by atoms with Gasteiger partial charge in [-0.15, -0.1) is 0 Å². The molecule has 0 saturated carbocycles. The van der Waals surface area contributed by atoms with Gasteiger partial charge in [-0.3, -0.25) is 4.79 Å². The van der Waals surface area contributed by atoms with Crippen LogP contribution >= 0.6 is 23.2 Å². The molecular weight excluding hydrogens is 301 g/mol. The first-order valence-electron chi connectivity index (χ1n) is 5.85. The molecule has 104 valence electrons. The Balaban J connectivity index is 2.06. The average molecular weight is 312 g/mol. The smallest absolute Gasteiger partial charge is 0.249 e. The van der Waals surface area contributed by atoms with E-state index in [1.807, 2.05) is 6.92 Å². The predicted octanol–water partition coefficient (Wildman–Crippen LogP) is 3.59. The molecule has 1 aromatic carbocycles. The zero-order valence-corrected chi connectivity index (χ0v) is 12.1. The predicted molar refractivity (Wildman–Crippen MR) is 77.8 cm³/mol. The molecule has 0 spiro atoms. The Labute approximate surface area is 125 Å². The van der Waals surface area contributed by atoms with Gasteiger partial charge in [0.1, 0.15) is 5.69 Å². The Morgan fingerprint density at radius 2 is 2.20 bits per heavy atom. The number of hydrogen-bond donors (Lipinski definition) is 1. The van der Waals surface area contributed by atoms with Crippen molar-refractivity contribution in [1.29, 1.82) is 0 Å². The number of aryl methyl sites for hydroxylation is 1. The summed E-state index contributed by atoms with van der Waals surface area (Å²) >= 11 is 11.8. The summed E-state index contributed by atoms with van der Waals surface area (Å²) < 4.78 is 4.56. The van der Waals surface area contributed by atoms with E-state index >= 15 is 0 Å². The van der Waals surface area contributed by atoms with Gasteiger partial charge in [0.15, 0.2) is 0 Å². The third-order valence-corrected chi connectivity index (χ3v) is 3.07. The maximum atomic E-state index is 11.8. The summed E-state index contributed by atoms with van der Waals surface area (Å²) in [6.45, 7) is 1.89. The van der Waals surface area contributed by atoms with Gasteiger partial charge in [0, 0.05) is 16.1 Å². The van der Waals surface area contributed by atoms with E-state index in [1.54, 1.807) is 24.3 Å². The molecule has 0 radical (unpaired) electrons. The van der Waals surface area contributed by atoms with E-state index in [0.717, 1.165) is 0 Å². The molecule has 1 N–H and O–H groups in total. The number of carbonyl (C=O) groups excluding carboxylic acids is 1. The molecule has 0 aliphatic carbocycles. The molecule has 5 nitrogen and oxygen atoms in total. The Morgan fingerprint density at radius 3 is 2.90 bits per heavy atom. The quantitative estimate of drug-likeness (QED) is 0.876. The number of benzene rings is 1. The second-order valence-electron chi connectivity index (χ2n) is 3.90. The van der Waals surface area contributed by atoms with Crippen molar-refractivity contribution < 1.29 is 9.42 Å². The fraction of sp³-hybridized carbons (Fsp3) is 0.154. The minimum absolute atomic E-state index is 0.323. The number of nitrogens with zero attached hydrogens (tertiary/aromatic N) is 2. The van der Waals surface area contributed by atoms with Crippen molar-refractivity contribution >= 4 is 41.0 Å². The van der Waals surface area contributed by atoms with E-state index in [0.29, 0.717) is 33.5 Å². The van der Waals surface area contributed by atoms with E-state index in [9.17, 15) is 4.79 Å². The molecule has 1 heterocycles. The van der Waals surface area contributed by atoms with Crippen LogP contribution in [0.1, 0.15) is 18.2 Å². The van der Waals surface area contributed by atoms with E-state index in [2.05, 4.69) is 20.3 Å². The van der Waals surface area contributed by atoms with Crippen molar-refractivity contribution in [2.75, 3.05) is 5.32 Å². The van der Waals surface area contributed by atoms with Crippen LogP contribution in [-0.2, 0) is 11.2 Å². The minimum atomic E-state index is -0.346. The van der Waals surface area contributed by atoms with Crippen LogP contribution in [-0.4, -0.2) is 16.2 Å². The van der Waals surface area contributed by atoms with Crippen molar-refractivity contribution in [3.8, 4) is 0 Å². The number of anilines is 1. The molecule has 7 heteroatoms. The van der Waals surface area contributed by atoms with Crippen LogP contribution in [0.2, 0.25) is 10.0 Å². The largest absolute Gasteiger partial charge is 0.303 e. The number of hydrogen-bond acceptors (Lipinski definition) is 4. The van der Waals surface area contributed by atoms with Gasteiger partial charge in [-0.1, -0.05) is 41.3 Å². The number of aromatic nitrogens is 2. The van der Waals surface area contributed by atoms with Gasteiger partial charge in [0.25, 0.3) is 0 Å². The zero-order chi connectivity index (χ0) is 14.5. The summed E-state index contributed by atoms with van der Waals surface area (Å²) in [6.07, 6.45) is 3.56. The summed E-state index contributed by atoms with van der Waals surface area (Å²) in [4.78, 5) is 11.8. The second kappa shape index (κ2) is 6.54. The Kier molecular flexibility index (Phi) is 4.76. The van der Waals surface area contributed by atoms with Crippen LogP contribution in [0.5, 0.6) is 0 Å². The fourth-order valence-electron chi connectivity index (χ4n) is 1.49. The fourth-order valence-corrected chi connectivity index (χ4v) is 1.97. The summed E-state index contributed by atoms with van der Waals surface area (Å²) in [5.74, 6) is -0.0224. The van der Waals surface area contributed by atoms with Crippen molar-refractivity contribution in [3.05, 3.63) is 45.6 Å². The normalized spacial score (nSPS) is 10.9. The third kappa shape index (κ3) is 3.59. The van der Waals surface area contributed by atoms with E-state index in [-0.39, 0.29) is 5.91 Å². The van der Waals surface area contributed by atoms with Crippen LogP contribution in [0, 0.1) is 0 Å². The molecule has 0 bridgehead atoms. The lowest BCUT2D eigenvalue weighted by atomic mass is 10.2. The average Bonchev–Trinajstić information content (AvgIpc) is 2.85. The molecule has 0 atom stereocenters. The van der Waals surface area contributed by atoms with Gasteiger partial charge in [-0.05, 0) is 35.3 Å². The summed E-state index contributed by atoms with van der Waals surface area (Å²) in [5, 5.41) is 10.9. The van der Waals surface area contributed by atoms with Crippen LogP contribution in [0.15, 0.2) is 28.9 Å². The van der Waals surface area contributed by atoms with Crippen molar-refractivity contribution in [1.82, 2.24) is 10.3 Å². The summed E-state index contributed by atoms with van der Waals surface area (Å²) in [7, 11) is 0. The molecule has 0 aliphatic heterocycles. The molecule has 2 rings (SSSR count). The van der Waals surface area contributed by atoms with Crippen molar-refractivity contribution in [2.24, 2.45) is 0 Å². The van der Waals surface area contributed by atoms with Crippen LogP contribution in [0.4, 0.5) is 5.82 Å². The molecule has 1 aromatic heterocycles. The van der Waals surface area contributed by atoms with E-state index < -0.39 is 0 Å². The number of amides is 1. The first-order valence-corrected chi connectivity index (χ1v) is 6.61. The lowest BCUT2D eigenvalue weighted by Crippen LogP contribution is -2.09. The highest BCUT2D eigenvalue weighted by molar-refractivity contribution is 6.35. The Hall–Kier alpha value is -1.85. The molecule has 0 fully saturated rings. The van der Waals surface area contributed by atoms with Gasteiger partial charge in [0.2, 0.25) is 11.7 Å². The molecule has 2 aromatic rings. The Bertz CT molecular complexity index is 653. The standard InChI is InChI=1S/C13H11Cl2N3O2/c1-2-11-13(18-20-17-11)16-12(19)6-4-8-3-5-9(14)7-10(8)15/h3-7H,2H2,1H3,(H,16,18,19)/b6-4+. The molecular formula is C13H11Cl2N3O2. The zero-order valence-electron chi connectivity index (χ0n) is 10.6. The highest BCUT2D eigenvalue weighted by Gasteiger charge is 2.09. The highest BCUT2D eigenvalue weighted by Crippen LogP contribution is 2.22. The maximum absolute atomic E-state index is 11.8. The third-order valence-electron chi connectivity index (χ3n) is 2.51. The van der Waals surface area contributed by atoms with Crippen LogP contribution in [0.3, 0.4) is 0 Å². The van der Waals surface area contributed by atoms with Gasteiger partial charge in [-0.2, -0.15) is 0 Å². The summed E-state index contributed by atoms with van der Waals surface area (Å²) in [5.41, 5.74) is 1.29. The summed E-state index contributed by atoms with van der Waals surface area (Å²) in [6, 6.07) is 5.03. The lowest BCUT2D eigenvalue weighted by molar-refractivity contribution is -0.111. The number of halogens is 2. The molecule has 0 saturated heterocycles. The monoisotopic (exact) mass is 311 g/mol. The number of carbonyl (C=O) groups is 1. The first kappa shape index (κ1) is 14.6. The second-order valence-corrected chi connectivity index (χ2v) is 4.75. The maximum Gasteiger partial charge on any atom is 0.249 e. The molecule has 0 aliphatic rings.